The Morgan fingerprint density at radius 1 is 0.429 bits per heavy atom. The Labute approximate surface area is 298 Å². The van der Waals surface area contributed by atoms with Crippen molar-refractivity contribution in [3.63, 3.8) is 0 Å². The van der Waals surface area contributed by atoms with E-state index in [1.54, 1.807) is 20.8 Å². The molecule has 0 bridgehead atoms. The van der Waals surface area contributed by atoms with E-state index in [1.165, 1.54) is 0 Å². The van der Waals surface area contributed by atoms with Crippen molar-refractivity contribution >= 4 is 53.2 Å². The first-order chi connectivity index (χ1) is 22.5. The number of carbonyl (C=O) groups is 6. The molecule has 12 nitrogen and oxygen atoms in total. The van der Waals surface area contributed by atoms with E-state index < -0.39 is 73.6 Å². The third kappa shape index (κ3) is 32.1. The summed E-state index contributed by atoms with van der Waals surface area (Å²) in [5.41, 5.74) is 0. The molecule has 0 saturated carbocycles. The summed E-state index contributed by atoms with van der Waals surface area (Å²) in [4.78, 5) is 62.5. The molecular weight excluding hydrogens is 672 g/mol. The molecule has 16 heteroatoms. The molecule has 3 unspecified atom stereocenters. The van der Waals surface area contributed by atoms with Crippen molar-refractivity contribution < 1.29 is 72.6 Å². The van der Waals surface area contributed by atoms with E-state index in [9.17, 15) is 57.3 Å². The standard InChI is InChI=1S/3C11H19FO4.Al/c3*1-8(10(13)14)5-3-2-4-6-9(7-12)11(15)16;/h3*8-9H,2-7H2,1H3,(H,13,14)(H,15,16);/q;;;+3/p-3/t3*8?,9-;/m000./s1. The third-order valence-corrected chi connectivity index (χ3v) is 7.89. The molecule has 6 atom stereocenters. The number of halogens is 3. The van der Waals surface area contributed by atoms with Crippen LogP contribution in [0.2, 0.25) is 0 Å². The van der Waals surface area contributed by atoms with Crippen LogP contribution in [0, 0.1) is 35.5 Å². The molecular formula is C33H54AlF3O12. The Morgan fingerprint density at radius 2 is 0.612 bits per heavy atom. The normalized spacial score (nSPS) is 14.1. The van der Waals surface area contributed by atoms with Crippen LogP contribution in [0.15, 0.2) is 0 Å². The van der Waals surface area contributed by atoms with Crippen LogP contribution in [0.5, 0.6) is 0 Å². The zero-order valence-corrected chi connectivity index (χ0v) is 30.1. The van der Waals surface area contributed by atoms with Crippen LogP contribution >= 0.6 is 0 Å². The number of carboxylic acid groups (broad SMARTS) is 6. The maximum atomic E-state index is 12.2. The smallest absolute Gasteiger partial charge is 0.550 e. The number of carboxylic acids is 6. The van der Waals surface area contributed by atoms with Crippen molar-refractivity contribution in [2.24, 2.45) is 35.5 Å². The van der Waals surface area contributed by atoms with E-state index in [4.69, 9.17) is 15.3 Å². The van der Waals surface area contributed by atoms with E-state index in [2.05, 4.69) is 0 Å². The number of carbonyl (C=O) groups excluding carboxylic acids is 3. The molecule has 282 valence electrons. The van der Waals surface area contributed by atoms with Gasteiger partial charge in [-0.1, -0.05) is 78.6 Å². The fraction of sp³-hybridized carbons (Fsp3) is 0.818. The number of hydrogen-bond acceptors (Lipinski definition) is 9. The Hall–Kier alpha value is -2.86. The van der Waals surface area contributed by atoms with Gasteiger partial charge in [0, 0.05) is 35.7 Å². The summed E-state index contributed by atoms with van der Waals surface area (Å²) in [6.07, 6.45) is 8.62. The summed E-state index contributed by atoms with van der Waals surface area (Å²) in [7, 11) is 0. The van der Waals surface area contributed by atoms with Gasteiger partial charge in [0.05, 0.1) is 37.8 Å². The number of alkyl halides is 3. The van der Waals surface area contributed by atoms with E-state index in [1.807, 2.05) is 0 Å². The summed E-state index contributed by atoms with van der Waals surface area (Å²) >= 11 is 0. The number of hydrogen-bond donors (Lipinski definition) is 3. The van der Waals surface area contributed by atoms with Gasteiger partial charge in [-0.2, -0.15) is 0 Å². The Balaban J connectivity index is -0.000000307. The topological polar surface area (TPSA) is 232 Å². The van der Waals surface area contributed by atoms with Crippen LogP contribution in [0.1, 0.15) is 117 Å². The van der Waals surface area contributed by atoms with Gasteiger partial charge in [0.1, 0.15) is 0 Å². The van der Waals surface area contributed by atoms with Crippen LogP contribution in [0.25, 0.3) is 0 Å². The second kappa shape index (κ2) is 33.6. The minimum atomic E-state index is -1.35. The van der Waals surface area contributed by atoms with Crippen LogP contribution in [-0.2, 0) is 28.8 Å². The average molecular weight is 727 g/mol. The van der Waals surface area contributed by atoms with Crippen molar-refractivity contribution in [3.8, 4) is 0 Å². The summed E-state index contributed by atoms with van der Waals surface area (Å²) in [5, 5.41) is 56.9. The SMILES string of the molecule is CC(CCCCC[C@@H](CF)C(=O)[O-])C(=O)O.CC(CCCCC[C@@H](CF)C(=O)[O-])C(=O)O.CC(CCCCC[C@@H](CF)C(=O)[O-])C(=O)O.[Al+3]. The van der Waals surface area contributed by atoms with Gasteiger partial charge >= 0.3 is 35.3 Å². The first-order valence-corrected chi connectivity index (χ1v) is 16.4. The number of aliphatic carboxylic acids is 6. The molecule has 0 fully saturated rings. The van der Waals surface area contributed by atoms with Crippen molar-refractivity contribution in [3.05, 3.63) is 0 Å². The molecule has 0 aromatic heterocycles. The van der Waals surface area contributed by atoms with Crippen molar-refractivity contribution in [2.75, 3.05) is 20.0 Å². The summed E-state index contributed by atoms with van der Waals surface area (Å²) in [5.74, 6) is -10.7. The third-order valence-electron chi connectivity index (χ3n) is 7.89. The molecule has 0 aliphatic rings. The monoisotopic (exact) mass is 726 g/mol. The fourth-order valence-corrected chi connectivity index (χ4v) is 4.20. The molecule has 0 radical (unpaired) electrons. The van der Waals surface area contributed by atoms with Gasteiger partial charge in [0.25, 0.3) is 0 Å². The van der Waals surface area contributed by atoms with Crippen LogP contribution in [0.3, 0.4) is 0 Å². The van der Waals surface area contributed by atoms with Crippen LogP contribution in [0.4, 0.5) is 13.2 Å². The van der Waals surface area contributed by atoms with E-state index in [0.29, 0.717) is 38.5 Å². The van der Waals surface area contributed by atoms with Gasteiger partial charge in [-0.3, -0.25) is 27.6 Å². The van der Waals surface area contributed by atoms with Gasteiger partial charge in [0.2, 0.25) is 0 Å². The minimum absolute atomic E-state index is 0. The summed E-state index contributed by atoms with van der Waals surface area (Å²) in [6.45, 7) is 2.21. The first kappa shape index (κ1) is 52.9. The molecule has 3 N–H and O–H groups in total. The Morgan fingerprint density at radius 3 is 0.755 bits per heavy atom. The average Bonchev–Trinajstić information content (AvgIpc) is 3.01. The molecule has 49 heavy (non-hydrogen) atoms. The summed E-state index contributed by atoms with van der Waals surface area (Å²) < 4.78 is 36.5. The minimum Gasteiger partial charge on any atom is -0.550 e. The zero-order valence-electron chi connectivity index (χ0n) is 28.9. The molecule has 0 amide bonds. The zero-order chi connectivity index (χ0) is 37.7. The van der Waals surface area contributed by atoms with Crippen LogP contribution in [-0.4, -0.2) is 88.5 Å². The molecule has 0 spiro atoms. The number of unbranched alkanes of at least 4 members (excludes halogenated alkanes) is 6. The predicted molar refractivity (Wildman–Crippen MR) is 169 cm³/mol. The molecule has 0 aliphatic heterocycles. The Bertz CT molecular complexity index is 811. The molecule has 0 rings (SSSR count). The van der Waals surface area contributed by atoms with Gasteiger partial charge in [-0.05, 0) is 38.5 Å². The van der Waals surface area contributed by atoms with Crippen molar-refractivity contribution in [1.82, 2.24) is 0 Å². The van der Waals surface area contributed by atoms with Crippen molar-refractivity contribution in [1.29, 1.82) is 0 Å². The maximum Gasteiger partial charge on any atom is 3.00 e. The summed E-state index contributed by atoms with van der Waals surface area (Å²) in [6, 6.07) is 0. The number of rotatable bonds is 27. The van der Waals surface area contributed by atoms with Gasteiger partial charge in [-0.25, -0.2) is 0 Å². The largest absolute Gasteiger partial charge is 3.00 e. The van der Waals surface area contributed by atoms with E-state index in [-0.39, 0.29) is 54.4 Å². The second-order valence-electron chi connectivity index (χ2n) is 12.1. The molecule has 0 aromatic carbocycles. The van der Waals surface area contributed by atoms with Gasteiger partial charge in [0.15, 0.2) is 0 Å². The van der Waals surface area contributed by atoms with Gasteiger partial charge in [-0.15, -0.1) is 0 Å². The molecule has 0 heterocycles. The predicted octanol–water partition coefficient (Wildman–Crippen LogP) is 2.60. The molecule has 0 saturated heterocycles. The van der Waals surface area contributed by atoms with Gasteiger partial charge < -0.3 is 45.0 Å². The van der Waals surface area contributed by atoms with E-state index in [0.717, 1.165) is 38.5 Å². The fourth-order valence-electron chi connectivity index (χ4n) is 4.20. The van der Waals surface area contributed by atoms with Crippen LogP contribution < -0.4 is 15.3 Å². The molecule has 0 aliphatic carbocycles. The first-order valence-electron chi connectivity index (χ1n) is 16.4. The maximum absolute atomic E-state index is 12.2. The molecule has 0 aromatic rings. The van der Waals surface area contributed by atoms with Crippen molar-refractivity contribution in [2.45, 2.75) is 117 Å². The Kier molecular flexibility index (Phi) is 36.3. The second-order valence-corrected chi connectivity index (χ2v) is 12.1. The van der Waals surface area contributed by atoms with E-state index >= 15 is 0 Å². The quantitative estimate of drug-likeness (QED) is 0.0819.